The number of carbonyl (C=O) groups is 2. The zero-order valence-electron chi connectivity index (χ0n) is 9.14. The average Bonchev–Trinajstić information content (AvgIpc) is 2.41. The van der Waals surface area contributed by atoms with Crippen LogP contribution in [-0.2, 0) is 9.59 Å². The van der Waals surface area contributed by atoms with Crippen LogP contribution in [0.2, 0.25) is 0 Å². The SMILES string of the molecule is O=C(CN1CCCNCC1=O)NCC(F)(F)F. The van der Waals surface area contributed by atoms with Crippen molar-refractivity contribution in [1.82, 2.24) is 15.5 Å². The van der Waals surface area contributed by atoms with Crippen molar-refractivity contribution < 1.29 is 22.8 Å². The van der Waals surface area contributed by atoms with Gasteiger partial charge in [-0.1, -0.05) is 0 Å². The predicted molar refractivity (Wildman–Crippen MR) is 53.1 cm³/mol. The molecule has 17 heavy (non-hydrogen) atoms. The van der Waals surface area contributed by atoms with E-state index in [2.05, 4.69) is 5.32 Å². The van der Waals surface area contributed by atoms with Gasteiger partial charge in [-0.05, 0) is 13.0 Å². The summed E-state index contributed by atoms with van der Waals surface area (Å²) in [5.41, 5.74) is 0. The number of nitrogens with one attached hydrogen (secondary N) is 2. The van der Waals surface area contributed by atoms with Crippen LogP contribution in [0.5, 0.6) is 0 Å². The molecule has 0 spiro atoms. The molecule has 2 N–H and O–H groups in total. The third kappa shape index (κ3) is 5.53. The fraction of sp³-hybridized carbons (Fsp3) is 0.778. The molecule has 0 saturated carbocycles. The van der Waals surface area contributed by atoms with Gasteiger partial charge in [0.25, 0.3) is 0 Å². The van der Waals surface area contributed by atoms with E-state index in [4.69, 9.17) is 0 Å². The van der Waals surface area contributed by atoms with E-state index in [1.165, 1.54) is 4.90 Å². The number of nitrogens with zero attached hydrogens (tertiary/aromatic N) is 1. The lowest BCUT2D eigenvalue weighted by Crippen LogP contribution is -2.44. The maximum absolute atomic E-state index is 11.8. The summed E-state index contributed by atoms with van der Waals surface area (Å²) in [7, 11) is 0. The Hall–Kier alpha value is -1.31. The lowest BCUT2D eigenvalue weighted by atomic mass is 10.3. The van der Waals surface area contributed by atoms with Gasteiger partial charge in [-0.25, -0.2) is 0 Å². The van der Waals surface area contributed by atoms with Crippen molar-refractivity contribution in [3.8, 4) is 0 Å². The number of carbonyl (C=O) groups excluding carboxylic acids is 2. The summed E-state index contributed by atoms with van der Waals surface area (Å²) in [5, 5.41) is 4.59. The van der Waals surface area contributed by atoms with Crippen LogP contribution in [0.4, 0.5) is 13.2 Å². The molecule has 0 aromatic carbocycles. The molecule has 0 atom stereocenters. The summed E-state index contributed by atoms with van der Waals surface area (Å²) in [5.74, 6) is -1.07. The Kier molecular flexibility index (Phi) is 4.73. The molecule has 1 fully saturated rings. The minimum absolute atomic E-state index is 0.118. The van der Waals surface area contributed by atoms with Crippen molar-refractivity contribution in [3.05, 3.63) is 0 Å². The highest BCUT2D eigenvalue weighted by Gasteiger charge is 2.28. The van der Waals surface area contributed by atoms with Gasteiger partial charge in [0.15, 0.2) is 0 Å². The van der Waals surface area contributed by atoms with Gasteiger partial charge in [0.2, 0.25) is 11.8 Å². The fourth-order valence-electron chi connectivity index (χ4n) is 1.42. The van der Waals surface area contributed by atoms with Crippen molar-refractivity contribution in [2.45, 2.75) is 12.6 Å². The molecule has 1 rings (SSSR count). The van der Waals surface area contributed by atoms with Crippen LogP contribution in [0, 0.1) is 0 Å². The zero-order valence-corrected chi connectivity index (χ0v) is 9.14. The van der Waals surface area contributed by atoms with Crippen molar-refractivity contribution in [2.75, 3.05) is 32.7 Å². The highest BCUT2D eigenvalue weighted by molar-refractivity contribution is 5.85. The van der Waals surface area contributed by atoms with Crippen LogP contribution in [0.3, 0.4) is 0 Å². The minimum Gasteiger partial charge on any atom is -0.345 e. The van der Waals surface area contributed by atoms with E-state index in [-0.39, 0.29) is 19.0 Å². The molecule has 0 bridgehead atoms. The van der Waals surface area contributed by atoms with Gasteiger partial charge in [-0.2, -0.15) is 13.2 Å². The third-order valence-electron chi connectivity index (χ3n) is 2.23. The maximum Gasteiger partial charge on any atom is 0.405 e. The highest BCUT2D eigenvalue weighted by atomic mass is 19.4. The van der Waals surface area contributed by atoms with E-state index in [1.807, 2.05) is 0 Å². The van der Waals surface area contributed by atoms with E-state index in [9.17, 15) is 22.8 Å². The molecule has 98 valence electrons. The van der Waals surface area contributed by atoms with Crippen LogP contribution in [0.15, 0.2) is 0 Å². The summed E-state index contributed by atoms with van der Waals surface area (Å²) >= 11 is 0. The van der Waals surface area contributed by atoms with Gasteiger partial charge in [0.1, 0.15) is 6.54 Å². The van der Waals surface area contributed by atoms with Crippen molar-refractivity contribution in [3.63, 3.8) is 0 Å². The highest BCUT2D eigenvalue weighted by Crippen LogP contribution is 2.12. The lowest BCUT2D eigenvalue weighted by Gasteiger charge is -2.19. The van der Waals surface area contributed by atoms with Gasteiger partial charge in [-0.3, -0.25) is 9.59 Å². The molecular weight excluding hydrogens is 239 g/mol. The van der Waals surface area contributed by atoms with Crippen LogP contribution >= 0.6 is 0 Å². The van der Waals surface area contributed by atoms with Gasteiger partial charge >= 0.3 is 6.18 Å². The smallest absolute Gasteiger partial charge is 0.345 e. The van der Waals surface area contributed by atoms with Crippen molar-refractivity contribution in [1.29, 1.82) is 0 Å². The number of hydrogen-bond acceptors (Lipinski definition) is 3. The van der Waals surface area contributed by atoms with Gasteiger partial charge in [0, 0.05) is 6.54 Å². The van der Waals surface area contributed by atoms with Gasteiger partial charge in [0.05, 0.1) is 13.1 Å². The van der Waals surface area contributed by atoms with Gasteiger partial charge in [-0.15, -0.1) is 0 Å². The molecule has 0 aliphatic carbocycles. The van der Waals surface area contributed by atoms with Crippen molar-refractivity contribution >= 4 is 11.8 Å². The standard InChI is InChI=1S/C9H14F3N3O2/c10-9(11,12)6-14-7(16)5-15-3-1-2-13-4-8(15)17/h13H,1-6H2,(H,14,16). The Morgan fingerprint density at radius 3 is 2.82 bits per heavy atom. The molecule has 0 aromatic heterocycles. The average molecular weight is 253 g/mol. The Morgan fingerprint density at radius 2 is 2.18 bits per heavy atom. The molecule has 1 aliphatic rings. The third-order valence-corrected chi connectivity index (χ3v) is 2.23. The Balaban J connectivity index is 2.36. The van der Waals surface area contributed by atoms with Crippen LogP contribution in [-0.4, -0.2) is 55.6 Å². The first-order valence-electron chi connectivity index (χ1n) is 5.20. The molecule has 0 aromatic rings. The molecular formula is C9H14F3N3O2. The second-order valence-electron chi connectivity index (χ2n) is 3.74. The number of alkyl halides is 3. The van der Waals surface area contributed by atoms with Gasteiger partial charge < -0.3 is 15.5 Å². The second-order valence-corrected chi connectivity index (χ2v) is 3.74. The van der Waals surface area contributed by atoms with E-state index in [0.29, 0.717) is 19.5 Å². The molecule has 1 aliphatic heterocycles. The zero-order chi connectivity index (χ0) is 12.9. The molecule has 5 nitrogen and oxygen atoms in total. The molecule has 8 heteroatoms. The van der Waals surface area contributed by atoms with Crippen LogP contribution in [0.1, 0.15) is 6.42 Å². The van der Waals surface area contributed by atoms with E-state index in [0.717, 1.165) is 0 Å². The summed E-state index contributed by atoms with van der Waals surface area (Å²) in [6, 6.07) is 0. The first-order chi connectivity index (χ1) is 7.88. The lowest BCUT2D eigenvalue weighted by molar-refractivity contribution is -0.141. The van der Waals surface area contributed by atoms with E-state index < -0.39 is 18.6 Å². The summed E-state index contributed by atoms with van der Waals surface area (Å²) in [4.78, 5) is 23.9. The number of halogens is 3. The first-order valence-corrected chi connectivity index (χ1v) is 5.20. The largest absolute Gasteiger partial charge is 0.405 e. The topological polar surface area (TPSA) is 61.4 Å². The first kappa shape index (κ1) is 13.8. The summed E-state index contributed by atoms with van der Waals surface area (Å²) in [6.45, 7) is -0.535. The number of hydrogen-bond donors (Lipinski definition) is 2. The van der Waals surface area contributed by atoms with Crippen molar-refractivity contribution in [2.24, 2.45) is 0 Å². The normalized spacial score (nSPS) is 17.8. The Bertz CT molecular complexity index is 294. The fourth-order valence-corrected chi connectivity index (χ4v) is 1.42. The molecule has 0 unspecified atom stereocenters. The van der Waals surface area contributed by atoms with E-state index in [1.54, 1.807) is 5.32 Å². The number of rotatable bonds is 3. The van der Waals surface area contributed by atoms with E-state index >= 15 is 0 Å². The molecule has 2 amide bonds. The minimum atomic E-state index is -4.43. The van der Waals surface area contributed by atoms with Crippen LogP contribution < -0.4 is 10.6 Å². The predicted octanol–water partition coefficient (Wildman–Crippen LogP) is -0.513. The Labute approximate surface area is 96.3 Å². The number of amides is 2. The molecule has 1 saturated heterocycles. The summed E-state index contributed by atoms with van der Waals surface area (Å²) in [6.07, 6.45) is -3.75. The van der Waals surface area contributed by atoms with Crippen LogP contribution in [0.25, 0.3) is 0 Å². The molecule has 1 heterocycles. The monoisotopic (exact) mass is 253 g/mol. The Morgan fingerprint density at radius 1 is 1.47 bits per heavy atom. The quantitative estimate of drug-likeness (QED) is 0.712. The maximum atomic E-state index is 11.8. The second kappa shape index (κ2) is 5.85. The molecule has 0 radical (unpaired) electrons. The summed E-state index contributed by atoms with van der Waals surface area (Å²) < 4.78 is 35.5.